The van der Waals surface area contributed by atoms with Gasteiger partial charge in [0.25, 0.3) is 5.56 Å². The number of benzene rings is 1. The Kier molecular flexibility index (Phi) is 4.27. The molecular weight excluding hydrogens is 354 g/mol. The first-order chi connectivity index (χ1) is 13.3. The lowest BCUT2D eigenvalue weighted by molar-refractivity contribution is 0.587. The van der Waals surface area contributed by atoms with Gasteiger partial charge in [-0.1, -0.05) is 24.3 Å². The molecule has 1 N–H and O–H groups in total. The number of rotatable bonds is 3. The molecule has 0 saturated carbocycles. The molecule has 3 aromatic rings. The molecule has 2 aliphatic carbocycles. The highest BCUT2D eigenvalue weighted by Crippen LogP contribution is 2.36. The van der Waals surface area contributed by atoms with E-state index in [0.29, 0.717) is 6.54 Å². The van der Waals surface area contributed by atoms with Gasteiger partial charge in [0.15, 0.2) is 0 Å². The Balaban J connectivity index is 1.61. The summed E-state index contributed by atoms with van der Waals surface area (Å²) in [7, 11) is 0. The largest absolute Gasteiger partial charge is 0.349 e. The Morgan fingerprint density at radius 2 is 2.04 bits per heavy atom. The van der Waals surface area contributed by atoms with Crippen LogP contribution >= 0.6 is 11.3 Å². The molecule has 140 valence electrons. The summed E-state index contributed by atoms with van der Waals surface area (Å²) in [5.41, 5.74) is 4.18. The molecule has 1 unspecified atom stereocenters. The third-order valence-electron chi connectivity index (χ3n) is 6.06. The van der Waals surface area contributed by atoms with Crippen molar-refractivity contribution in [2.45, 2.75) is 64.5 Å². The van der Waals surface area contributed by atoms with E-state index < -0.39 is 0 Å². The molecule has 2 heterocycles. The van der Waals surface area contributed by atoms with Crippen molar-refractivity contribution >= 4 is 27.5 Å². The second-order valence-corrected chi connectivity index (χ2v) is 8.75. The molecular formula is C22H25N3OS. The van der Waals surface area contributed by atoms with Crippen LogP contribution in [0, 0.1) is 0 Å². The smallest absolute Gasteiger partial charge is 0.263 e. The van der Waals surface area contributed by atoms with Gasteiger partial charge >= 0.3 is 0 Å². The van der Waals surface area contributed by atoms with Gasteiger partial charge < -0.3 is 5.32 Å². The van der Waals surface area contributed by atoms with Crippen molar-refractivity contribution in [3.05, 3.63) is 56.2 Å². The zero-order valence-corrected chi connectivity index (χ0v) is 16.6. The molecule has 0 amide bonds. The summed E-state index contributed by atoms with van der Waals surface area (Å²) in [6.45, 7) is 2.68. The van der Waals surface area contributed by atoms with Crippen molar-refractivity contribution in [1.82, 2.24) is 9.55 Å². The van der Waals surface area contributed by atoms with Gasteiger partial charge in [0.05, 0.1) is 11.4 Å². The number of nitrogens with zero attached hydrogens (tertiary/aromatic N) is 2. The van der Waals surface area contributed by atoms with Gasteiger partial charge in [-0.05, 0) is 68.6 Å². The lowest BCUT2D eigenvalue weighted by Crippen LogP contribution is -2.27. The van der Waals surface area contributed by atoms with E-state index in [4.69, 9.17) is 4.98 Å². The fourth-order valence-electron chi connectivity index (χ4n) is 4.70. The van der Waals surface area contributed by atoms with Crippen LogP contribution in [-0.2, 0) is 25.8 Å². The first kappa shape index (κ1) is 17.0. The third kappa shape index (κ3) is 2.80. The highest BCUT2D eigenvalue weighted by molar-refractivity contribution is 7.18. The predicted octanol–water partition coefficient (Wildman–Crippen LogP) is 4.85. The minimum absolute atomic E-state index is 0.133. The van der Waals surface area contributed by atoms with E-state index >= 15 is 0 Å². The van der Waals surface area contributed by atoms with Crippen LogP contribution in [0.5, 0.6) is 0 Å². The number of hydrogen-bond donors (Lipinski definition) is 1. The summed E-state index contributed by atoms with van der Waals surface area (Å²) in [5, 5.41) is 4.51. The molecule has 0 radical (unpaired) electrons. The maximum atomic E-state index is 13.3. The van der Waals surface area contributed by atoms with Gasteiger partial charge in [0.2, 0.25) is 5.95 Å². The molecule has 0 bridgehead atoms. The fourth-order valence-corrected chi connectivity index (χ4v) is 5.95. The number of nitrogens with one attached hydrogen (secondary N) is 1. The molecule has 1 aromatic carbocycles. The molecule has 2 aromatic heterocycles. The second kappa shape index (κ2) is 6.79. The number of hydrogen-bond acceptors (Lipinski definition) is 4. The summed E-state index contributed by atoms with van der Waals surface area (Å²) < 4.78 is 1.83. The predicted molar refractivity (Wildman–Crippen MR) is 112 cm³/mol. The lowest BCUT2D eigenvalue weighted by Gasteiger charge is -2.27. The van der Waals surface area contributed by atoms with Gasteiger partial charge in [-0.2, -0.15) is 0 Å². The van der Waals surface area contributed by atoms with E-state index in [9.17, 15) is 4.79 Å². The van der Waals surface area contributed by atoms with Gasteiger partial charge in [0, 0.05) is 11.4 Å². The molecule has 0 spiro atoms. The van der Waals surface area contributed by atoms with Gasteiger partial charge in [0.1, 0.15) is 4.83 Å². The fraction of sp³-hybridized carbons (Fsp3) is 0.455. The van der Waals surface area contributed by atoms with E-state index in [1.807, 2.05) is 11.5 Å². The van der Waals surface area contributed by atoms with Crippen LogP contribution in [-0.4, -0.2) is 9.55 Å². The van der Waals surface area contributed by atoms with Crippen molar-refractivity contribution in [2.75, 3.05) is 5.32 Å². The first-order valence-corrected chi connectivity index (χ1v) is 11.0. The summed E-state index contributed by atoms with van der Waals surface area (Å²) in [5.74, 6) is 0.732. The number of anilines is 1. The highest BCUT2D eigenvalue weighted by Gasteiger charge is 2.24. The molecule has 4 nitrogen and oxygen atoms in total. The monoisotopic (exact) mass is 379 g/mol. The Morgan fingerprint density at radius 3 is 2.93 bits per heavy atom. The zero-order valence-electron chi connectivity index (χ0n) is 15.8. The highest BCUT2D eigenvalue weighted by atomic mass is 32.1. The Hall–Kier alpha value is -2.14. The van der Waals surface area contributed by atoms with Gasteiger partial charge in [-0.15, -0.1) is 11.3 Å². The summed E-state index contributed by atoms with van der Waals surface area (Å²) >= 11 is 1.73. The van der Waals surface area contributed by atoms with E-state index in [1.54, 1.807) is 11.3 Å². The molecule has 0 fully saturated rings. The summed E-state index contributed by atoms with van der Waals surface area (Å²) in [6.07, 6.45) is 7.92. The second-order valence-electron chi connectivity index (χ2n) is 7.66. The van der Waals surface area contributed by atoms with E-state index in [2.05, 4.69) is 29.6 Å². The Labute approximate surface area is 163 Å². The summed E-state index contributed by atoms with van der Waals surface area (Å²) in [6, 6.07) is 8.88. The van der Waals surface area contributed by atoms with Crippen LogP contribution in [0.1, 0.15) is 60.2 Å². The van der Waals surface area contributed by atoms with Crippen LogP contribution in [0.3, 0.4) is 0 Å². The molecule has 27 heavy (non-hydrogen) atoms. The van der Waals surface area contributed by atoms with Crippen LogP contribution in [0.25, 0.3) is 10.2 Å². The van der Waals surface area contributed by atoms with Crippen molar-refractivity contribution in [1.29, 1.82) is 0 Å². The van der Waals surface area contributed by atoms with Crippen LogP contribution in [0.2, 0.25) is 0 Å². The minimum atomic E-state index is 0.133. The van der Waals surface area contributed by atoms with Crippen LogP contribution in [0.15, 0.2) is 29.1 Å². The number of thiophene rings is 1. The third-order valence-corrected chi connectivity index (χ3v) is 7.25. The molecule has 5 heteroatoms. The zero-order chi connectivity index (χ0) is 18.4. The van der Waals surface area contributed by atoms with Crippen LogP contribution in [0.4, 0.5) is 5.95 Å². The van der Waals surface area contributed by atoms with Crippen molar-refractivity contribution in [3.63, 3.8) is 0 Å². The van der Waals surface area contributed by atoms with E-state index in [1.165, 1.54) is 40.8 Å². The molecule has 0 aliphatic heterocycles. The maximum Gasteiger partial charge on any atom is 0.263 e. The number of aryl methyl sites for hydroxylation is 3. The Morgan fingerprint density at radius 1 is 1.19 bits per heavy atom. The topological polar surface area (TPSA) is 46.9 Å². The normalized spacial score (nSPS) is 18.9. The minimum Gasteiger partial charge on any atom is -0.349 e. The standard InChI is InChI=1S/C22H25N3OS/c1-2-25-21(26)19-16-11-5-6-13-18(16)27-20(19)24-22(25)23-17-12-7-9-14-8-3-4-10-15(14)17/h3-4,8,10,17H,2,5-7,9,11-13H2,1H3,(H,23,24). The average Bonchev–Trinajstić information content (AvgIpc) is 3.07. The molecule has 5 rings (SSSR count). The SMILES string of the molecule is CCn1c(NC2CCCc3ccccc32)nc2sc3c(c2c1=O)CCCC3. The van der Waals surface area contributed by atoms with E-state index in [-0.39, 0.29) is 11.6 Å². The molecule has 1 atom stereocenters. The maximum absolute atomic E-state index is 13.3. The quantitative estimate of drug-likeness (QED) is 0.708. The van der Waals surface area contributed by atoms with E-state index in [0.717, 1.165) is 41.8 Å². The van der Waals surface area contributed by atoms with Crippen molar-refractivity contribution < 1.29 is 0 Å². The Bertz CT molecular complexity index is 1070. The van der Waals surface area contributed by atoms with Crippen molar-refractivity contribution in [2.24, 2.45) is 0 Å². The van der Waals surface area contributed by atoms with Crippen LogP contribution < -0.4 is 10.9 Å². The van der Waals surface area contributed by atoms with Gasteiger partial charge in [-0.3, -0.25) is 9.36 Å². The van der Waals surface area contributed by atoms with Gasteiger partial charge in [-0.25, -0.2) is 4.98 Å². The number of aromatic nitrogens is 2. The lowest BCUT2D eigenvalue weighted by atomic mass is 9.88. The molecule has 0 saturated heterocycles. The molecule has 2 aliphatic rings. The van der Waals surface area contributed by atoms with Crippen molar-refractivity contribution in [3.8, 4) is 0 Å². The first-order valence-electron chi connectivity index (χ1n) is 10.2. The number of fused-ring (bicyclic) bond motifs is 4. The summed E-state index contributed by atoms with van der Waals surface area (Å²) in [4.78, 5) is 20.5. The average molecular weight is 380 g/mol.